The third-order valence-corrected chi connectivity index (χ3v) is 8.84. The van der Waals surface area contributed by atoms with Crippen LogP contribution in [0.4, 0.5) is 10.1 Å². The number of sulfonamides is 1. The fraction of sp³-hybridized carbons (Fsp3) is 0.417. The van der Waals surface area contributed by atoms with Crippen molar-refractivity contribution in [2.75, 3.05) is 18.4 Å². The van der Waals surface area contributed by atoms with Crippen molar-refractivity contribution in [1.29, 1.82) is 0 Å². The summed E-state index contributed by atoms with van der Waals surface area (Å²) in [4.78, 5) is 0.386. The lowest BCUT2D eigenvalue weighted by atomic mass is 9.77. The fourth-order valence-corrected chi connectivity index (χ4v) is 6.61. The van der Waals surface area contributed by atoms with E-state index in [1.54, 1.807) is 10.4 Å². The quantitative estimate of drug-likeness (QED) is 0.697. The van der Waals surface area contributed by atoms with Crippen molar-refractivity contribution < 1.29 is 12.8 Å². The van der Waals surface area contributed by atoms with Crippen LogP contribution in [0.15, 0.2) is 59.5 Å². The molecule has 4 nitrogen and oxygen atoms in total. The Morgan fingerprint density at radius 3 is 2.53 bits per heavy atom. The minimum Gasteiger partial charge on any atom is -0.378 e. The highest BCUT2D eigenvalue weighted by Crippen LogP contribution is 2.50. The number of rotatable bonds is 3. The van der Waals surface area contributed by atoms with E-state index in [0.717, 1.165) is 36.1 Å². The van der Waals surface area contributed by atoms with Crippen LogP contribution in [0, 0.1) is 17.7 Å². The number of anilines is 1. The van der Waals surface area contributed by atoms with E-state index in [9.17, 15) is 12.8 Å². The lowest BCUT2D eigenvalue weighted by Crippen LogP contribution is -2.38. The molecule has 6 heteroatoms. The zero-order chi connectivity index (χ0) is 20.9. The van der Waals surface area contributed by atoms with E-state index in [1.165, 1.54) is 12.1 Å². The maximum atomic E-state index is 13.4. The number of fused-ring (bicyclic) bond motifs is 3. The molecule has 1 fully saturated rings. The lowest BCUT2D eigenvalue weighted by Gasteiger charge is -2.38. The summed E-state index contributed by atoms with van der Waals surface area (Å²) in [6.07, 6.45) is 7.12. The average Bonchev–Trinajstić information content (AvgIpc) is 3.24. The van der Waals surface area contributed by atoms with Crippen LogP contribution in [-0.4, -0.2) is 25.8 Å². The molecule has 0 aromatic heterocycles. The van der Waals surface area contributed by atoms with Crippen LogP contribution in [0.2, 0.25) is 0 Å². The van der Waals surface area contributed by atoms with Gasteiger partial charge in [-0.3, -0.25) is 0 Å². The van der Waals surface area contributed by atoms with Gasteiger partial charge in [0.1, 0.15) is 5.82 Å². The van der Waals surface area contributed by atoms with E-state index >= 15 is 0 Å². The molecule has 1 aliphatic carbocycles. The summed E-state index contributed by atoms with van der Waals surface area (Å²) in [6.45, 7) is 3.37. The van der Waals surface area contributed by atoms with Gasteiger partial charge in [-0.2, -0.15) is 4.31 Å². The predicted molar refractivity (Wildman–Crippen MR) is 116 cm³/mol. The molecule has 2 heterocycles. The smallest absolute Gasteiger partial charge is 0.243 e. The molecule has 0 amide bonds. The minimum absolute atomic E-state index is 0.0733. The van der Waals surface area contributed by atoms with E-state index in [2.05, 4.69) is 24.4 Å². The lowest BCUT2D eigenvalue weighted by molar-refractivity contribution is 0.288. The number of hydrogen-bond acceptors (Lipinski definition) is 3. The second-order valence-corrected chi connectivity index (χ2v) is 10.8. The Kier molecular flexibility index (Phi) is 4.94. The third kappa shape index (κ3) is 3.36. The topological polar surface area (TPSA) is 49.4 Å². The summed E-state index contributed by atoms with van der Waals surface area (Å²) in [5.74, 6) is 0.791. The van der Waals surface area contributed by atoms with Crippen molar-refractivity contribution in [3.63, 3.8) is 0 Å². The van der Waals surface area contributed by atoms with Crippen LogP contribution in [0.5, 0.6) is 0 Å². The predicted octanol–water partition coefficient (Wildman–Crippen LogP) is 5.07. The summed E-state index contributed by atoms with van der Waals surface area (Å²) in [6, 6.07) is 12.2. The maximum absolute atomic E-state index is 13.4. The second-order valence-electron chi connectivity index (χ2n) is 8.86. The Labute approximate surface area is 177 Å². The highest BCUT2D eigenvalue weighted by molar-refractivity contribution is 7.89. The van der Waals surface area contributed by atoms with Crippen LogP contribution in [0.3, 0.4) is 0 Å². The first-order valence-corrected chi connectivity index (χ1v) is 12.2. The van der Waals surface area contributed by atoms with E-state index in [1.807, 2.05) is 24.3 Å². The van der Waals surface area contributed by atoms with Crippen LogP contribution in [0.25, 0.3) is 0 Å². The van der Waals surface area contributed by atoms with E-state index in [0.29, 0.717) is 23.9 Å². The largest absolute Gasteiger partial charge is 0.378 e. The first-order valence-electron chi connectivity index (χ1n) is 10.8. The minimum atomic E-state index is -3.48. The van der Waals surface area contributed by atoms with Crippen molar-refractivity contribution in [1.82, 2.24) is 4.31 Å². The molecule has 2 aliphatic heterocycles. The molecule has 30 heavy (non-hydrogen) atoms. The third-order valence-electron chi connectivity index (χ3n) is 6.94. The highest BCUT2D eigenvalue weighted by Gasteiger charge is 2.39. The van der Waals surface area contributed by atoms with E-state index in [4.69, 9.17) is 0 Å². The van der Waals surface area contributed by atoms with Crippen molar-refractivity contribution in [2.45, 2.75) is 43.0 Å². The number of nitrogens with one attached hydrogen (secondary N) is 1. The van der Waals surface area contributed by atoms with Crippen LogP contribution >= 0.6 is 0 Å². The SMILES string of the molecule is CC1CCN(S(=O)(=O)c2ccc3c(c2)C2C=CCC2C(c2ccc(F)cc2)N3)CC1. The molecule has 0 bridgehead atoms. The van der Waals surface area contributed by atoms with Gasteiger partial charge in [0.05, 0.1) is 10.9 Å². The summed E-state index contributed by atoms with van der Waals surface area (Å²) in [5, 5.41) is 3.60. The monoisotopic (exact) mass is 426 g/mol. The van der Waals surface area contributed by atoms with Gasteiger partial charge in [0.2, 0.25) is 10.0 Å². The molecule has 0 saturated carbocycles. The number of halogens is 1. The van der Waals surface area contributed by atoms with Gasteiger partial charge in [0.25, 0.3) is 0 Å². The molecular weight excluding hydrogens is 399 g/mol. The zero-order valence-corrected chi connectivity index (χ0v) is 17.9. The van der Waals surface area contributed by atoms with Crippen LogP contribution < -0.4 is 5.32 Å². The molecule has 3 unspecified atom stereocenters. The van der Waals surface area contributed by atoms with Crippen molar-refractivity contribution >= 4 is 15.7 Å². The molecule has 2 aromatic carbocycles. The molecule has 3 atom stereocenters. The van der Waals surface area contributed by atoms with Gasteiger partial charge < -0.3 is 5.32 Å². The molecule has 1 N–H and O–H groups in total. The Morgan fingerprint density at radius 2 is 1.80 bits per heavy atom. The van der Waals surface area contributed by atoms with E-state index in [-0.39, 0.29) is 23.7 Å². The first kappa shape index (κ1) is 19.8. The van der Waals surface area contributed by atoms with Gasteiger partial charge in [-0.1, -0.05) is 31.2 Å². The average molecular weight is 427 g/mol. The zero-order valence-electron chi connectivity index (χ0n) is 17.1. The first-order chi connectivity index (χ1) is 14.4. The molecule has 0 spiro atoms. The number of benzene rings is 2. The summed E-state index contributed by atoms with van der Waals surface area (Å²) in [5.41, 5.74) is 3.06. The highest BCUT2D eigenvalue weighted by atomic mass is 32.2. The normalized spacial score (nSPS) is 26.8. The van der Waals surface area contributed by atoms with Gasteiger partial charge >= 0.3 is 0 Å². The Hall–Kier alpha value is -2.18. The molecular formula is C24H27FN2O2S. The van der Waals surface area contributed by atoms with Gasteiger partial charge in [-0.25, -0.2) is 12.8 Å². The fourth-order valence-electron chi connectivity index (χ4n) is 5.11. The summed E-state index contributed by atoms with van der Waals surface area (Å²) in [7, 11) is -3.48. The summed E-state index contributed by atoms with van der Waals surface area (Å²) >= 11 is 0. The standard InChI is InChI=1S/C24H27FN2O2S/c1-16-11-13-27(14-12-16)30(28,29)19-9-10-23-22(15-19)20-3-2-4-21(20)24(26-23)17-5-7-18(25)8-6-17/h2-3,5-10,15-16,20-21,24,26H,4,11-14H2,1H3. The number of piperidine rings is 1. The van der Waals surface area contributed by atoms with Gasteiger partial charge in [-0.15, -0.1) is 0 Å². The molecule has 1 saturated heterocycles. The molecule has 3 aliphatic rings. The number of nitrogens with zero attached hydrogens (tertiary/aromatic N) is 1. The molecule has 158 valence electrons. The van der Waals surface area contributed by atoms with Crippen molar-refractivity contribution in [3.8, 4) is 0 Å². The van der Waals surface area contributed by atoms with Crippen LogP contribution in [-0.2, 0) is 10.0 Å². The Balaban J connectivity index is 1.48. The Bertz CT molecular complexity index is 1070. The second kappa shape index (κ2) is 7.50. The van der Waals surface area contributed by atoms with Crippen LogP contribution in [0.1, 0.15) is 49.3 Å². The molecule has 5 rings (SSSR count). The van der Waals surface area contributed by atoms with E-state index < -0.39 is 10.0 Å². The molecule has 0 radical (unpaired) electrons. The number of allylic oxidation sites excluding steroid dienone is 2. The van der Waals surface area contributed by atoms with Gasteiger partial charge in [0.15, 0.2) is 0 Å². The van der Waals surface area contributed by atoms with Gasteiger partial charge in [0, 0.05) is 24.7 Å². The summed E-state index contributed by atoms with van der Waals surface area (Å²) < 4.78 is 41.5. The Morgan fingerprint density at radius 1 is 1.07 bits per heavy atom. The number of hydrogen-bond donors (Lipinski definition) is 1. The molecule has 2 aromatic rings. The maximum Gasteiger partial charge on any atom is 0.243 e. The van der Waals surface area contributed by atoms with Crippen molar-refractivity contribution in [2.24, 2.45) is 11.8 Å². The van der Waals surface area contributed by atoms with Gasteiger partial charge in [-0.05, 0) is 72.6 Å². The van der Waals surface area contributed by atoms with Crippen molar-refractivity contribution in [3.05, 3.63) is 71.6 Å².